The highest BCUT2D eigenvalue weighted by atomic mass is 16.6. The maximum atomic E-state index is 12.6. The van der Waals surface area contributed by atoms with E-state index in [0.29, 0.717) is 47.5 Å². The number of hydrogen-bond acceptors (Lipinski definition) is 5. The molecular weight excluding hydrogens is 310 g/mol. The normalized spacial score (nSPS) is 12.5. The zero-order valence-corrected chi connectivity index (χ0v) is 13.8. The second-order valence-corrected chi connectivity index (χ2v) is 5.37. The minimum atomic E-state index is -0.257. The van der Waals surface area contributed by atoms with Gasteiger partial charge in [-0.1, -0.05) is 0 Å². The van der Waals surface area contributed by atoms with Crippen molar-refractivity contribution in [3.63, 3.8) is 0 Å². The number of benzene rings is 2. The lowest BCUT2D eigenvalue weighted by Gasteiger charge is -2.20. The predicted molar refractivity (Wildman–Crippen MR) is 89.7 cm³/mol. The van der Waals surface area contributed by atoms with Gasteiger partial charge in [0.2, 0.25) is 0 Å². The molecule has 6 nitrogen and oxygen atoms in total. The number of ether oxygens (including phenoxy) is 4. The molecule has 0 fully saturated rings. The lowest BCUT2D eigenvalue weighted by atomic mass is 10.1. The van der Waals surface area contributed by atoms with Crippen LogP contribution in [0.2, 0.25) is 0 Å². The van der Waals surface area contributed by atoms with Crippen molar-refractivity contribution in [2.24, 2.45) is 0 Å². The number of methoxy groups -OCH3 is 2. The maximum absolute atomic E-state index is 12.6. The highest BCUT2D eigenvalue weighted by molar-refractivity contribution is 6.05. The van der Waals surface area contributed by atoms with Crippen molar-refractivity contribution in [1.29, 1.82) is 0 Å². The van der Waals surface area contributed by atoms with Crippen LogP contribution >= 0.6 is 0 Å². The molecule has 2 aromatic rings. The number of carbonyl (C=O) groups excluding carboxylic acids is 1. The Labute approximate surface area is 140 Å². The zero-order chi connectivity index (χ0) is 17.1. The Balaban J connectivity index is 1.87. The minimum Gasteiger partial charge on any atom is -0.497 e. The number of anilines is 1. The molecule has 0 aliphatic carbocycles. The first kappa shape index (κ1) is 16.0. The van der Waals surface area contributed by atoms with Crippen LogP contribution < -0.4 is 24.3 Å². The summed E-state index contributed by atoms with van der Waals surface area (Å²) in [5.41, 5.74) is 2.01. The van der Waals surface area contributed by atoms with E-state index in [-0.39, 0.29) is 5.91 Å². The van der Waals surface area contributed by atoms with Crippen molar-refractivity contribution in [3.8, 4) is 23.0 Å². The molecule has 0 bridgehead atoms. The lowest BCUT2D eigenvalue weighted by molar-refractivity contribution is 0.102. The number of amides is 1. The maximum Gasteiger partial charge on any atom is 0.255 e. The van der Waals surface area contributed by atoms with Crippen molar-refractivity contribution >= 4 is 11.6 Å². The van der Waals surface area contributed by atoms with Crippen LogP contribution in [0, 0.1) is 6.92 Å². The Morgan fingerprint density at radius 3 is 2.12 bits per heavy atom. The Morgan fingerprint density at radius 2 is 1.54 bits per heavy atom. The van der Waals surface area contributed by atoms with Crippen molar-refractivity contribution in [2.75, 3.05) is 32.8 Å². The molecule has 24 heavy (non-hydrogen) atoms. The van der Waals surface area contributed by atoms with Gasteiger partial charge in [0.25, 0.3) is 5.91 Å². The summed E-state index contributed by atoms with van der Waals surface area (Å²) in [4.78, 5) is 12.6. The van der Waals surface area contributed by atoms with Crippen LogP contribution in [0.4, 0.5) is 5.69 Å². The number of fused-ring (bicyclic) bond motifs is 1. The first-order chi connectivity index (χ1) is 11.6. The number of rotatable bonds is 4. The van der Waals surface area contributed by atoms with E-state index in [9.17, 15) is 4.79 Å². The van der Waals surface area contributed by atoms with Crippen LogP contribution in [0.25, 0.3) is 0 Å². The monoisotopic (exact) mass is 329 g/mol. The second kappa shape index (κ2) is 6.70. The minimum absolute atomic E-state index is 0.257. The molecule has 0 saturated heterocycles. The summed E-state index contributed by atoms with van der Waals surface area (Å²) in [5, 5.41) is 2.89. The quantitative estimate of drug-likeness (QED) is 0.934. The van der Waals surface area contributed by atoms with Crippen molar-refractivity contribution in [3.05, 3.63) is 41.5 Å². The van der Waals surface area contributed by atoms with E-state index < -0.39 is 0 Å². The summed E-state index contributed by atoms with van der Waals surface area (Å²) in [5.74, 6) is 2.17. The molecule has 2 aromatic carbocycles. The summed E-state index contributed by atoms with van der Waals surface area (Å²) < 4.78 is 21.5. The first-order valence-electron chi connectivity index (χ1n) is 7.55. The molecule has 0 unspecified atom stereocenters. The van der Waals surface area contributed by atoms with Crippen LogP contribution in [0.5, 0.6) is 23.0 Å². The van der Waals surface area contributed by atoms with Crippen LogP contribution in [0.1, 0.15) is 15.9 Å². The molecule has 0 aromatic heterocycles. The number of carbonyl (C=O) groups is 1. The van der Waals surface area contributed by atoms with Crippen molar-refractivity contribution in [2.45, 2.75) is 6.92 Å². The fourth-order valence-corrected chi connectivity index (χ4v) is 2.46. The van der Waals surface area contributed by atoms with Gasteiger partial charge in [0.05, 0.1) is 14.2 Å². The first-order valence-corrected chi connectivity index (χ1v) is 7.55. The zero-order valence-electron chi connectivity index (χ0n) is 13.8. The highest BCUT2D eigenvalue weighted by Crippen LogP contribution is 2.35. The fraction of sp³-hybridized carbons (Fsp3) is 0.278. The van der Waals surface area contributed by atoms with Crippen molar-refractivity contribution in [1.82, 2.24) is 0 Å². The molecule has 0 spiro atoms. The highest BCUT2D eigenvalue weighted by Gasteiger charge is 2.17. The van der Waals surface area contributed by atoms with Gasteiger partial charge in [0.15, 0.2) is 11.5 Å². The third-order valence-corrected chi connectivity index (χ3v) is 3.75. The molecule has 6 heteroatoms. The summed E-state index contributed by atoms with van der Waals surface area (Å²) in [6, 6.07) is 8.66. The van der Waals surface area contributed by atoms with E-state index in [1.807, 2.05) is 13.0 Å². The van der Waals surface area contributed by atoms with Gasteiger partial charge < -0.3 is 24.3 Å². The third kappa shape index (κ3) is 3.22. The van der Waals surface area contributed by atoms with Crippen LogP contribution in [-0.4, -0.2) is 33.3 Å². The summed E-state index contributed by atoms with van der Waals surface area (Å²) in [6.07, 6.45) is 0. The van der Waals surface area contributed by atoms with E-state index in [2.05, 4.69) is 5.32 Å². The molecule has 0 atom stereocenters. The van der Waals surface area contributed by atoms with Gasteiger partial charge in [0.1, 0.15) is 24.7 Å². The average molecular weight is 329 g/mol. The van der Waals surface area contributed by atoms with Crippen molar-refractivity contribution < 1.29 is 23.7 Å². The molecule has 0 saturated carbocycles. The largest absolute Gasteiger partial charge is 0.497 e. The number of hydrogen-bond donors (Lipinski definition) is 1. The molecule has 1 aliphatic heterocycles. The molecule has 0 radical (unpaired) electrons. The summed E-state index contributed by atoms with van der Waals surface area (Å²) in [7, 11) is 3.09. The predicted octanol–water partition coefficient (Wildman–Crippen LogP) is 3.04. The molecule has 1 amide bonds. The second-order valence-electron chi connectivity index (χ2n) is 5.37. The van der Waals surface area contributed by atoms with E-state index in [1.165, 1.54) is 0 Å². The van der Waals surface area contributed by atoms with Gasteiger partial charge in [-0.2, -0.15) is 0 Å². The molecule has 126 valence electrons. The average Bonchev–Trinajstić information content (AvgIpc) is 2.61. The van der Waals surface area contributed by atoms with Gasteiger partial charge >= 0.3 is 0 Å². The Kier molecular flexibility index (Phi) is 4.46. The summed E-state index contributed by atoms with van der Waals surface area (Å²) >= 11 is 0. The van der Waals surface area contributed by atoms with Gasteiger partial charge in [0, 0.05) is 23.4 Å². The topological polar surface area (TPSA) is 66.0 Å². The van der Waals surface area contributed by atoms with Gasteiger partial charge in [-0.05, 0) is 30.7 Å². The fourth-order valence-electron chi connectivity index (χ4n) is 2.46. The van der Waals surface area contributed by atoms with E-state index in [4.69, 9.17) is 18.9 Å². The van der Waals surface area contributed by atoms with E-state index in [1.54, 1.807) is 38.5 Å². The number of nitrogens with one attached hydrogen (secondary N) is 1. The molecular formula is C18H19NO5. The third-order valence-electron chi connectivity index (χ3n) is 3.75. The molecule has 3 rings (SSSR count). The molecule has 1 aliphatic rings. The number of aryl methyl sites for hydroxylation is 1. The van der Waals surface area contributed by atoms with Crippen LogP contribution in [0.3, 0.4) is 0 Å². The molecule has 1 heterocycles. The van der Waals surface area contributed by atoms with Crippen LogP contribution in [-0.2, 0) is 0 Å². The van der Waals surface area contributed by atoms with Gasteiger partial charge in [-0.15, -0.1) is 0 Å². The summed E-state index contributed by atoms with van der Waals surface area (Å²) in [6.45, 7) is 2.93. The lowest BCUT2D eigenvalue weighted by Crippen LogP contribution is -2.17. The SMILES string of the molecule is COc1cc(OC)cc(C(=O)Nc2cc3c(cc2C)OCCO3)c1. The molecule has 1 N–H and O–H groups in total. The van der Waals surface area contributed by atoms with E-state index in [0.717, 1.165) is 5.56 Å². The van der Waals surface area contributed by atoms with Crippen LogP contribution in [0.15, 0.2) is 30.3 Å². The smallest absolute Gasteiger partial charge is 0.255 e. The Bertz CT molecular complexity index is 750. The Morgan fingerprint density at radius 1 is 0.958 bits per heavy atom. The standard InChI is InChI=1S/C18H19NO5/c1-11-6-16-17(24-5-4-23-16)10-15(11)19-18(20)12-7-13(21-2)9-14(8-12)22-3/h6-10H,4-5H2,1-3H3,(H,19,20). The van der Waals surface area contributed by atoms with Gasteiger partial charge in [-0.3, -0.25) is 4.79 Å². The van der Waals surface area contributed by atoms with E-state index >= 15 is 0 Å². The Hall–Kier alpha value is -2.89. The van der Waals surface area contributed by atoms with Gasteiger partial charge in [-0.25, -0.2) is 0 Å².